The number of hydrogen-bond donors (Lipinski definition) is 1. The highest BCUT2D eigenvalue weighted by molar-refractivity contribution is 7.21. The number of aromatic nitrogens is 2. The van der Waals surface area contributed by atoms with Crippen LogP contribution in [0.1, 0.15) is 53.8 Å². The Morgan fingerprint density at radius 1 is 1.31 bits per heavy atom. The smallest absolute Gasteiger partial charge is 0.223 e. The first-order chi connectivity index (χ1) is 12.3. The number of nitrogens with zero attached hydrogens (tertiary/aromatic N) is 2. The van der Waals surface area contributed by atoms with Gasteiger partial charge in [0.1, 0.15) is 15.4 Å². The van der Waals surface area contributed by atoms with Crippen molar-refractivity contribution in [1.82, 2.24) is 9.97 Å². The first kappa shape index (κ1) is 17.2. The van der Waals surface area contributed by atoms with E-state index in [4.69, 9.17) is 10.7 Å². The van der Waals surface area contributed by atoms with Gasteiger partial charge in [-0.15, -0.1) is 11.3 Å². The average Bonchev–Trinajstić information content (AvgIpc) is 2.94. The van der Waals surface area contributed by atoms with Crippen molar-refractivity contribution in [2.24, 2.45) is 11.3 Å². The summed E-state index contributed by atoms with van der Waals surface area (Å²) in [5, 5.41) is 0.905. The van der Waals surface area contributed by atoms with Crippen molar-refractivity contribution in [3.63, 3.8) is 0 Å². The Bertz CT molecular complexity index is 986. The summed E-state index contributed by atoms with van der Waals surface area (Å²) in [5.41, 5.74) is 10.0. The third-order valence-corrected chi connectivity index (χ3v) is 6.53. The number of rotatable bonds is 2. The number of thiophene rings is 1. The number of fused-ring (bicyclic) bond motifs is 2. The quantitative estimate of drug-likeness (QED) is 0.671. The molecule has 1 atom stereocenters. The number of nitrogen functional groups attached to an aromatic ring is 1. The Hall–Kier alpha value is -2.27. The van der Waals surface area contributed by atoms with E-state index in [-0.39, 0.29) is 11.2 Å². The molecule has 5 heteroatoms. The van der Waals surface area contributed by atoms with E-state index >= 15 is 0 Å². The van der Waals surface area contributed by atoms with Gasteiger partial charge in [0, 0.05) is 17.3 Å². The summed E-state index contributed by atoms with van der Waals surface area (Å²) in [6, 6.07) is 7.49. The predicted octanol–water partition coefficient (Wildman–Crippen LogP) is 4.66. The average molecular weight is 366 g/mol. The van der Waals surface area contributed by atoms with Crippen LogP contribution < -0.4 is 5.73 Å². The molecular formula is C21H23N3OS. The summed E-state index contributed by atoms with van der Waals surface area (Å²) in [7, 11) is 0. The maximum absolute atomic E-state index is 12.8. The van der Waals surface area contributed by atoms with Gasteiger partial charge in [-0.25, -0.2) is 4.98 Å². The van der Waals surface area contributed by atoms with Crippen molar-refractivity contribution >= 4 is 33.0 Å². The highest BCUT2D eigenvalue weighted by Crippen LogP contribution is 2.40. The van der Waals surface area contributed by atoms with Crippen molar-refractivity contribution in [1.29, 1.82) is 0 Å². The minimum Gasteiger partial charge on any atom is -0.397 e. The Morgan fingerprint density at radius 3 is 2.81 bits per heavy atom. The van der Waals surface area contributed by atoms with Crippen molar-refractivity contribution in [2.75, 3.05) is 5.73 Å². The summed E-state index contributed by atoms with van der Waals surface area (Å²) >= 11 is 1.38. The van der Waals surface area contributed by atoms with Crippen LogP contribution in [0.3, 0.4) is 0 Å². The van der Waals surface area contributed by atoms with Crippen LogP contribution in [0.5, 0.6) is 0 Å². The monoisotopic (exact) mass is 365 g/mol. The fourth-order valence-corrected chi connectivity index (χ4v) is 4.76. The molecule has 0 fully saturated rings. The van der Waals surface area contributed by atoms with Crippen LogP contribution in [0, 0.1) is 11.3 Å². The molecule has 3 heterocycles. The van der Waals surface area contributed by atoms with Gasteiger partial charge in [0.2, 0.25) is 5.78 Å². The standard InChI is InChI=1S/C21H23N3OS/c1-21(2,3)13-7-8-15-12(10-13)11-14-17(22)19(26-20(14)24-15)18(25)16-6-4-5-9-23-16/h4-6,9,11,13H,7-8,10,22H2,1-3H3. The summed E-state index contributed by atoms with van der Waals surface area (Å²) in [6.45, 7) is 6.91. The summed E-state index contributed by atoms with van der Waals surface area (Å²) < 4.78 is 0. The van der Waals surface area contributed by atoms with Crippen molar-refractivity contribution in [3.05, 3.63) is 52.3 Å². The normalized spacial score (nSPS) is 17.3. The zero-order chi connectivity index (χ0) is 18.5. The van der Waals surface area contributed by atoms with Gasteiger partial charge in [0.25, 0.3) is 0 Å². The Labute approximate surface area is 157 Å². The molecule has 0 saturated heterocycles. The number of aryl methyl sites for hydroxylation is 1. The molecule has 4 nitrogen and oxygen atoms in total. The number of carbonyl (C=O) groups is 1. The fourth-order valence-electron chi connectivity index (χ4n) is 3.71. The first-order valence-corrected chi connectivity index (χ1v) is 9.82. The molecule has 26 heavy (non-hydrogen) atoms. The first-order valence-electron chi connectivity index (χ1n) is 9.01. The Morgan fingerprint density at radius 2 is 2.12 bits per heavy atom. The molecule has 0 amide bonds. The molecule has 0 spiro atoms. The predicted molar refractivity (Wildman–Crippen MR) is 107 cm³/mol. The number of anilines is 1. The summed E-state index contributed by atoms with van der Waals surface area (Å²) in [6.07, 6.45) is 4.81. The van der Waals surface area contributed by atoms with Gasteiger partial charge in [-0.2, -0.15) is 0 Å². The topological polar surface area (TPSA) is 68.9 Å². The highest BCUT2D eigenvalue weighted by atomic mass is 32.1. The maximum atomic E-state index is 12.8. The van der Waals surface area contributed by atoms with E-state index in [1.807, 2.05) is 6.07 Å². The van der Waals surface area contributed by atoms with E-state index in [0.29, 0.717) is 22.2 Å². The van der Waals surface area contributed by atoms with Crippen LogP contribution in [-0.2, 0) is 12.8 Å². The largest absolute Gasteiger partial charge is 0.397 e. The molecule has 3 aromatic heterocycles. The summed E-state index contributed by atoms with van der Waals surface area (Å²) in [4.78, 5) is 23.2. The second-order valence-electron chi connectivity index (χ2n) is 8.14. The maximum Gasteiger partial charge on any atom is 0.223 e. The number of carbonyl (C=O) groups excluding carboxylic acids is 1. The van der Waals surface area contributed by atoms with Gasteiger partial charge < -0.3 is 5.73 Å². The molecule has 134 valence electrons. The van der Waals surface area contributed by atoms with Gasteiger partial charge in [0.15, 0.2) is 0 Å². The molecule has 2 N–H and O–H groups in total. The molecule has 1 aliphatic rings. The van der Waals surface area contributed by atoms with E-state index in [1.54, 1.807) is 18.3 Å². The summed E-state index contributed by atoms with van der Waals surface area (Å²) in [5.74, 6) is 0.514. The molecule has 3 aromatic rings. The van der Waals surface area contributed by atoms with Gasteiger partial charge in [-0.05, 0) is 54.4 Å². The molecule has 1 unspecified atom stereocenters. The Balaban J connectivity index is 1.76. The molecule has 0 saturated carbocycles. The highest BCUT2D eigenvalue weighted by Gasteiger charge is 2.30. The molecule has 0 radical (unpaired) electrons. The van der Waals surface area contributed by atoms with Crippen LogP contribution in [0.4, 0.5) is 5.69 Å². The number of nitrogens with two attached hydrogens (primary N) is 1. The minimum atomic E-state index is -0.128. The third kappa shape index (κ3) is 2.90. The second kappa shape index (κ2) is 6.16. The van der Waals surface area contributed by atoms with Crippen molar-refractivity contribution in [2.45, 2.75) is 40.0 Å². The molecular weight excluding hydrogens is 342 g/mol. The zero-order valence-electron chi connectivity index (χ0n) is 15.4. The van der Waals surface area contributed by atoms with Crippen LogP contribution in [0.25, 0.3) is 10.2 Å². The number of hydrogen-bond acceptors (Lipinski definition) is 5. The molecule has 1 aliphatic carbocycles. The van der Waals surface area contributed by atoms with Crippen molar-refractivity contribution in [3.8, 4) is 0 Å². The van der Waals surface area contributed by atoms with Gasteiger partial charge >= 0.3 is 0 Å². The van der Waals surface area contributed by atoms with E-state index in [2.05, 4.69) is 31.8 Å². The zero-order valence-corrected chi connectivity index (χ0v) is 16.2. The van der Waals surface area contributed by atoms with Crippen LogP contribution >= 0.6 is 11.3 Å². The van der Waals surface area contributed by atoms with E-state index in [0.717, 1.165) is 35.2 Å². The van der Waals surface area contributed by atoms with Crippen molar-refractivity contribution < 1.29 is 4.79 Å². The second-order valence-corrected chi connectivity index (χ2v) is 9.14. The molecule has 4 rings (SSSR count). The molecule has 0 aliphatic heterocycles. The van der Waals surface area contributed by atoms with E-state index < -0.39 is 0 Å². The van der Waals surface area contributed by atoms with Gasteiger partial charge in [-0.3, -0.25) is 9.78 Å². The van der Waals surface area contributed by atoms with E-state index in [1.165, 1.54) is 16.9 Å². The third-order valence-electron chi connectivity index (χ3n) is 5.41. The molecule has 0 aromatic carbocycles. The number of pyridine rings is 2. The van der Waals surface area contributed by atoms with Gasteiger partial charge in [-0.1, -0.05) is 26.8 Å². The van der Waals surface area contributed by atoms with E-state index in [9.17, 15) is 4.79 Å². The lowest BCUT2D eigenvalue weighted by molar-refractivity contribution is 0.103. The van der Waals surface area contributed by atoms with Gasteiger partial charge in [0.05, 0.1) is 5.69 Å². The molecule has 0 bridgehead atoms. The SMILES string of the molecule is CC(C)(C)C1CCc2nc3sc(C(=O)c4ccccn4)c(N)c3cc2C1. The van der Waals surface area contributed by atoms with Crippen LogP contribution in [0.15, 0.2) is 30.5 Å². The minimum absolute atomic E-state index is 0.128. The van der Waals surface area contributed by atoms with Crippen LogP contribution in [-0.4, -0.2) is 15.8 Å². The number of ketones is 1. The lowest BCUT2D eigenvalue weighted by Gasteiger charge is -2.34. The fraction of sp³-hybridized carbons (Fsp3) is 0.381. The lowest BCUT2D eigenvalue weighted by atomic mass is 9.71. The lowest BCUT2D eigenvalue weighted by Crippen LogP contribution is -2.27. The Kier molecular flexibility index (Phi) is 4.07. The van der Waals surface area contributed by atoms with Crippen LogP contribution in [0.2, 0.25) is 0 Å².